The van der Waals surface area contributed by atoms with Gasteiger partial charge in [-0.25, -0.2) is 8.42 Å². The van der Waals surface area contributed by atoms with E-state index in [9.17, 15) is 23.4 Å². The van der Waals surface area contributed by atoms with Gasteiger partial charge >= 0.3 is 0 Å². The fourth-order valence-corrected chi connectivity index (χ4v) is 3.53. The number of hydrogen-bond acceptors (Lipinski definition) is 5. The normalized spacial score (nSPS) is 11.1. The Bertz CT molecular complexity index is 1060. The van der Waals surface area contributed by atoms with Crippen molar-refractivity contribution in [3.63, 3.8) is 0 Å². The molecule has 0 fully saturated rings. The first-order valence-corrected chi connectivity index (χ1v) is 9.10. The molecule has 0 aromatic heterocycles. The van der Waals surface area contributed by atoms with Crippen LogP contribution in [0.15, 0.2) is 77.7 Å². The third-order valence-electron chi connectivity index (χ3n) is 3.66. The van der Waals surface area contributed by atoms with Crippen LogP contribution in [0.5, 0.6) is 11.5 Å². The van der Waals surface area contributed by atoms with E-state index in [4.69, 9.17) is 0 Å². The zero-order chi connectivity index (χ0) is 18.7. The van der Waals surface area contributed by atoms with Gasteiger partial charge in [-0.3, -0.25) is 9.52 Å². The van der Waals surface area contributed by atoms with Crippen LogP contribution >= 0.6 is 0 Å². The lowest BCUT2D eigenvalue weighted by Gasteiger charge is -2.13. The minimum absolute atomic E-state index is 0.0138. The van der Waals surface area contributed by atoms with Crippen LogP contribution in [0, 0.1) is 0 Å². The Morgan fingerprint density at radius 3 is 2.19 bits per heavy atom. The quantitative estimate of drug-likeness (QED) is 0.473. The Morgan fingerprint density at radius 2 is 1.50 bits per heavy atom. The summed E-state index contributed by atoms with van der Waals surface area (Å²) in [7, 11) is -4.03. The molecule has 0 unspecified atom stereocenters. The SMILES string of the molecule is O=C(c1ccccc1)c1cc(O)ccc1NS(=O)(=O)c1cccc(O)c1. The topological polar surface area (TPSA) is 104 Å². The standard InChI is InChI=1S/C19H15NO5S/c21-14-7-4-8-16(11-14)26(24,25)20-18-10-9-15(22)12-17(18)19(23)13-5-2-1-3-6-13/h1-12,20-22H. The van der Waals surface area contributed by atoms with E-state index >= 15 is 0 Å². The molecule has 6 nitrogen and oxygen atoms in total. The average molecular weight is 369 g/mol. The van der Waals surface area contributed by atoms with E-state index in [1.807, 2.05) is 0 Å². The van der Waals surface area contributed by atoms with Crippen LogP contribution in [0.1, 0.15) is 15.9 Å². The Morgan fingerprint density at radius 1 is 0.808 bits per heavy atom. The number of nitrogens with one attached hydrogen (secondary N) is 1. The van der Waals surface area contributed by atoms with E-state index in [0.717, 1.165) is 6.07 Å². The largest absolute Gasteiger partial charge is 0.508 e. The lowest BCUT2D eigenvalue weighted by Crippen LogP contribution is -2.16. The molecular weight excluding hydrogens is 354 g/mol. The molecule has 0 atom stereocenters. The van der Waals surface area contributed by atoms with E-state index in [2.05, 4.69) is 4.72 Å². The molecule has 0 saturated heterocycles. The second-order valence-corrected chi connectivity index (χ2v) is 7.21. The molecule has 3 aromatic rings. The minimum atomic E-state index is -4.03. The molecule has 3 rings (SSSR count). The van der Waals surface area contributed by atoms with Gasteiger partial charge in [0.2, 0.25) is 0 Å². The maximum absolute atomic E-state index is 12.7. The van der Waals surface area contributed by atoms with E-state index in [1.54, 1.807) is 30.3 Å². The van der Waals surface area contributed by atoms with Crippen molar-refractivity contribution in [2.75, 3.05) is 4.72 Å². The first kappa shape index (κ1) is 17.5. The highest BCUT2D eigenvalue weighted by Crippen LogP contribution is 2.27. The number of ketones is 1. The maximum atomic E-state index is 12.7. The minimum Gasteiger partial charge on any atom is -0.508 e. The number of carbonyl (C=O) groups is 1. The van der Waals surface area contributed by atoms with E-state index < -0.39 is 15.8 Å². The highest BCUT2D eigenvalue weighted by molar-refractivity contribution is 7.92. The van der Waals surface area contributed by atoms with Crippen LogP contribution < -0.4 is 4.72 Å². The van der Waals surface area contributed by atoms with Crippen molar-refractivity contribution in [1.29, 1.82) is 0 Å². The third-order valence-corrected chi connectivity index (χ3v) is 5.02. The number of phenols is 2. The maximum Gasteiger partial charge on any atom is 0.262 e. The Labute approximate surface area is 150 Å². The molecule has 0 aliphatic heterocycles. The first-order chi connectivity index (χ1) is 12.4. The number of anilines is 1. The second-order valence-electron chi connectivity index (χ2n) is 5.53. The predicted molar refractivity (Wildman–Crippen MR) is 96.9 cm³/mol. The molecule has 0 saturated carbocycles. The zero-order valence-electron chi connectivity index (χ0n) is 13.5. The molecule has 0 aliphatic rings. The Hall–Kier alpha value is -3.32. The molecule has 3 N–H and O–H groups in total. The predicted octanol–water partition coefficient (Wildman–Crippen LogP) is 3.13. The fourth-order valence-electron chi connectivity index (χ4n) is 2.41. The highest BCUT2D eigenvalue weighted by Gasteiger charge is 2.20. The van der Waals surface area contributed by atoms with Crippen LogP contribution in [-0.4, -0.2) is 24.4 Å². The van der Waals surface area contributed by atoms with Crippen molar-refractivity contribution in [3.05, 3.63) is 83.9 Å². The van der Waals surface area contributed by atoms with Gasteiger partial charge in [-0.15, -0.1) is 0 Å². The van der Waals surface area contributed by atoms with Crippen LogP contribution in [-0.2, 0) is 10.0 Å². The summed E-state index contributed by atoms with van der Waals surface area (Å²) in [4.78, 5) is 12.6. The second kappa shape index (κ2) is 6.89. The van der Waals surface area contributed by atoms with Crippen molar-refractivity contribution in [3.8, 4) is 11.5 Å². The van der Waals surface area contributed by atoms with Crippen molar-refractivity contribution in [2.45, 2.75) is 4.90 Å². The van der Waals surface area contributed by atoms with Crippen LogP contribution in [0.4, 0.5) is 5.69 Å². The smallest absolute Gasteiger partial charge is 0.262 e. The van der Waals surface area contributed by atoms with Crippen molar-refractivity contribution < 1.29 is 23.4 Å². The van der Waals surface area contributed by atoms with Crippen molar-refractivity contribution >= 4 is 21.5 Å². The number of benzene rings is 3. The number of hydrogen-bond donors (Lipinski definition) is 3. The van der Waals surface area contributed by atoms with Gasteiger partial charge in [0.05, 0.1) is 16.1 Å². The molecule has 0 amide bonds. The zero-order valence-corrected chi connectivity index (χ0v) is 14.3. The number of sulfonamides is 1. The molecule has 132 valence electrons. The molecule has 7 heteroatoms. The summed E-state index contributed by atoms with van der Waals surface area (Å²) in [5.41, 5.74) is 0.399. The molecule has 26 heavy (non-hydrogen) atoms. The van der Waals surface area contributed by atoms with Gasteiger partial charge < -0.3 is 10.2 Å². The van der Waals surface area contributed by atoms with Gasteiger partial charge in [-0.05, 0) is 30.3 Å². The van der Waals surface area contributed by atoms with Gasteiger partial charge in [-0.1, -0.05) is 36.4 Å². The van der Waals surface area contributed by atoms with Crippen LogP contribution in [0.25, 0.3) is 0 Å². The van der Waals surface area contributed by atoms with E-state index in [1.165, 1.54) is 36.4 Å². The summed E-state index contributed by atoms with van der Waals surface area (Å²) in [5, 5.41) is 19.2. The summed E-state index contributed by atoms with van der Waals surface area (Å²) >= 11 is 0. The lowest BCUT2D eigenvalue weighted by molar-refractivity contribution is 0.103. The highest BCUT2D eigenvalue weighted by atomic mass is 32.2. The molecule has 0 radical (unpaired) electrons. The van der Waals surface area contributed by atoms with E-state index in [-0.39, 0.29) is 27.6 Å². The molecule has 0 spiro atoms. The number of aromatic hydroxyl groups is 2. The molecule has 3 aromatic carbocycles. The summed E-state index contributed by atoms with van der Waals surface area (Å²) in [6, 6.07) is 17.3. The van der Waals surface area contributed by atoms with Gasteiger partial charge in [0, 0.05) is 11.6 Å². The van der Waals surface area contributed by atoms with Gasteiger partial charge in [0.25, 0.3) is 10.0 Å². The number of rotatable bonds is 5. The summed E-state index contributed by atoms with van der Waals surface area (Å²) in [6.07, 6.45) is 0. The number of phenolic OH excluding ortho intramolecular Hbond substituents is 2. The van der Waals surface area contributed by atoms with Crippen molar-refractivity contribution in [2.24, 2.45) is 0 Å². The van der Waals surface area contributed by atoms with Gasteiger partial charge in [0.1, 0.15) is 11.5 Å². The van der Waals surface area contributed by atoms with Crippen molar-refractivity contribution in [1.82, 2.24) is 0 Å². The van der Waals surface area contributed by atoms with Crippen LogP contribution in [0.2, 0.25) is 0 Å². The summed E-state index contributed by atoms with van der Waals surface area (Å²) < 4.78 is 27.4. The van der Waals surface area contributed by atoms with Crippen LogP contribution in [0.3, 0.4) is 0 Å². The van der Waals surface area contributed by atoms with Gasteiger partial charge in [0.15, 0.2) is 5.78 Å². The Balaban J connectivity index is 2.02. The number of carbonyl (C=O) groups excluding carboxylic acids is 1. The average Bonchev–Trinajstić information content (AvgIpc) is 2.63. The fraction of sp³-hybridized carbons (Fsp3) is 0. The van der Waals surface area contributed by atoms with Gasteiger partial charge in [-0.2, -0.15) is 0 Å². The molecule has 0 bridgehead atoms. The third kappa shape index (κ3) is 3.68. The molecule has 0 heterocycles. The lowest BCUT2D eigenvalue weighted by atomic mass is 10.0. The summed E-state index contributed by atoms with van der Waals surface area (Å²) in [6.45, 7) is 0. The summed E-state index contributed by atoms with van der Waals surface area (Å²) in [5.74, 6) is -0.793. The van der Waals surface area contributed by atoms with E-state index in [0.29, 0.717) is 5.56 Å². The molecular formula is C19H15NO5S. The first-order valence-electron chi connectivity index (χ1n) is 7.61. The molecule has 0 aliphatic carbocycles. The monoisotopic (exact) mass is 369 g/mol. The Kier molecular flexibility index (Phi) is 4.64.